The van der Waals surface area contributed by atoms with Gasteiger partial charge in [-0.25, -0.2) is 9.59 Å². The average molecular weight is 687 g/mol. The number of nitrogens with zero attached hydrogens (tertiary/aromatic N) is 2. The molecule has 3 aliphatic rings. The van der Waals surface area contributed by atoms with Gasteiger partial charge >= 0.3 is 11.9 Å². The van der Waals surface area contributed by atoms with E-state index in [2.05, 4.69) is 82.0 Å². The van der Waals surface area contributed by atoms with Gasteiger partial charge in [0.1, 0.15) is 5.60 Å². The van der Waals surface area contributed by atoms with E-state index < -0.39 is 17.5 Å². The fourth-order valence-electron chi connectivity index (χ4n) is 8.15. The summed E-state index contributed by atoms with van der Waals surface area (Å²) in [6, 6.07) is 36.9. The first-order valence-electron chi connectivity index (χ1n) is 18.0. The molecule has 4 heterocycles. The molecule has 0 N–H and O–H groups in total. The molecular weight excluding hydrogens is 649 g/mol. The molecule has 1 aliphatic carbocycles. The third-order valence-electron chi connectivity index (χ3n) is 10.6. The number of fused-ring (bicyclic) bond motifs is 12. The van der Waals surface area contributed by atoms with Crippen molar-refractivity contribution in [2.45, 2.75) is 44.1 Å². The fraction of sp³-hybridized carbons (Fsp3) is 0.200. The number of cyclic esters (lactones) is 2. The number of aryl methyl sites for hydroxylation is 1. The summed E-state index contributed by atoms with van der Waals surface area (Å²) in [7, 11) is 0. The minimum atomic E-state index is -0.834. The van der Waals surface area contributed by atoms with E-state index in [1.54, 1.807) is 0 Å². The summed E-state index contributed by atoms with van der Waals surface area (Å²) in [5.41, 5.74) is 6.31. The highest BCUT2D eigenvalue weighted by Gasteiger charge is 2.40. The number of carbonyl (C=O) groups excluding carboxylic acids is 2. The van der Waals surface area contributed by atoms with Gasteiger partial charge in [0.2, 0.25) is 0 Å². The van der Waals surface area contributed by atoms with E-state index in [-0.39, 0.29) is 6.10 Å². The Labute approximate surface area is 302 Å². The summed E-state index contributed by atoms with van der Waals surface area (Å²) in [6.45, 7) is 1.92. The number of hydrogen-bond donors (Lipinski definition) is 0. The van der Waals surface area contributed by atoms with Gasteiger partial charge in [-0.05, 0) is 48.1 Å². The number of esters is 2. The lowest BCUT2D eigenvalue weighted by molar-refractivity contribution is -0.149. The van der Waals surface area contributed by atoms with Crippen LogP contribution in [-0.2, 0) is 42.5 Å². The third kappa shape index (κ3) is 5.45. The smallest absolute Gasteiger partial charge is 0.347 e. The zero-order chi connectivity index (χ0) is 35.1. The topological polar surface area (TPSA) is 71.7 Å². The molecule has 7 nitrogen and oxygen atoms in total. The van der Waals surface area contributed by atoms with E-state index in [1.807, 2.05) is 67.0 Å². The number of carbonyl (C=O) groups is 2. The van der Waals surface area contributed by atoms with Crippen LogP contribution in [0, 0.1) is 0 Å². The van der Waals surface area contributed by atoms with Gasteiger partial charge in [-0.3, -0.25) is 0 Å². The highest BCUT2D eigenvalue weighted by Crippen LogP contribution is 2.44. The van der Waals surface area contributed by atoms with E-state index in [0.29, 0.717) is 55.0 Å². The Hall–Kier alpha value is -5.76. The monoisotopic (exact) mass is 686 g/mol. The van der Waals surface area contributed by atoms with Crippen LogP contribution in [-0.4, -0.2) is 40.4 Å². The maximum atomic E-state index is 13.5. The molecule has 52 heavy (non-hydrogen) atoms. The molecule has 2 aromatic heterocycles. The molecule has 0 saturated carbocycles. The minimum absolute atomic E-state index is 0.262. The summed E-state index contributed by atoms with van der Waals surface area (Å²) in [4.78, 5) is 26.9. The van der Waals surface area contributed by atoms with Gasteiger partial charge < -0.3 is 23.3 Å². The highest BCUT2D eigenvalue weighted by atomic mass is 16.6. The van der Waals surface area contributed by atoms with E-state index in [9.17, 15) is 9.59 Å². The van der Waals surface area contributed by atoms with E-state index >= 15 is 0 Å². The first-order valence-corrected chi connectivity index (χ1v) is 18.0. The predicted octanol–water partition coefficient (Wildman–Crippen LogP) is 8.62. The van der Waals surface area contributed by atoms with Crippen LogP contribution in [0.1, 0.15) is 41.5 Å². The molecular formula is C45H38N2O5. The van der Waals surface area contributed by atoms with Gasteiger partial charge in [-0.1, -0.05) is 115 Å². The van der Waals surface area contributed by atoms with Crippen LogP contribution in [0.25, 0.3) is 33.0 Å². The fourth-order valence-corrected chi connectivity index (χ4v) is 8.15. The van der Waals surface area contributed by atoms with Crippen LogP contribution in [0.5, 0.6) is 0 Å². The number of benzene rings is 4. The van der Waals surface area contributed by atoms with Crippen LogP contribution in [0.3, 0.4) is 0 Å². The number of allylic oxidation sites excluding steroid dienone is 2. The van der Waals surface area contributed by atoms with Gasteiger partial charge in [0.25, 0.3) is 0 Å². The summed E-state index contributed by atoms with van der Waals surface area (Å²) in [6.07, 6.45) is 13.0. The van der Waals surface area contributed by atoms with Gasteiger partial charge in [0.15, 0.2) is 0 Å². The van der Waals surface area contributed by atoms with Crippen molar-refractivity contribution in [2.75, 3.05) is 13.2 Å². The molecule has 0 amide bonds. The maximum absolute atomic E-state index is 13.5. The van der Waals surface area contributed by atoms with Gasteiger partial charge in [0.05, 0.1) is 30.5 Å². The molecule has 7 heteroatoms. The lowest BCUT2D eigenvalue weighted by atomic mass is 9.78. The number of para-hydroxylation sites is 2. The molecule has 0 saturated heterocycles. The molecule has 0 spiro atoms. The minimum Gasteiger partial charge on any atom is -0.386 e. The standard InChI is InChI=1S/C45H38N2O5/c48-43-41-37-28-46(39-22-12-10-20-35(37)39)25-24-34(50-27-26-47-29-38(42(41)44(49)52-43)36-21-11-13-23-40(36)47)30-51-45(31-14-4-1-5-15-31,32-16-6-2-7-17-32)33-18-8-3-9-19-33/h1-2,4-8,10-23,28-29,34H,3,9,24-27,30H2/t34-/m0/s1. The second kappa shape index (κ2) is 13.4. The van der Waals surface area contributed by atoms with Crippen LogP contribution in [0.4, 0.5) is 0 Å². The van der Waals surface area contributed by atoms with Gasteiger partial charge in [-0.15, -0.1) is 0 Å². The second-order valence-electron chi connectivity index (χ2n) is 13.6. The molecule has 0 radical (unpaired) electrons. The average Bonchev–Trinajstić information content (AvgIpc) is 3.84. The Morgan fingerprint density at radius 2 is 1.23 bits per heavy atom. The van der Waals surface area contributed by atoms with E-state index in [1.165, 1.54) is 0 Å². The number of aromatic nitrogens is 2. The summed E-state index contributed by atoms with van der Waals surface area (Å²) >= 11 is 0. The first kappa shape index (κ1) is 32.2. The molecule has 4 bridgehead atoms. The molecule has 0 unspecified atom stereocenters. The zero-order valence-corrected chi connectivity index (χ0v) is 28.7. The largest absolute Gasteiger partial charge is 0.386 e. The summed E-state index contributed by atoms with van der Waals surface area (Å²) in [5, 5.41) is 1.77. The van der Waals surface area contributed by atoms with Crippen molar-refractivity contribution in [3.05, 3.63) is 168 Å². The van der Waals surface area contributed by atoms with Crippen molar-refractivity contribution in [2.24, 2.45) is 0 Å². The Morgan fingerprint density at radius 1 is 0.673 bits per heavy atom. The Morgan fingerprint density at radius 3 is 1.81 bits per heavy atom. The van der Waals surface area contributed by atoms with Crippen molar-refractivity contribution in [3.8, 4) is 0 Å². The van der Waals surface area contributed by atoms with Crippen molar-refractivity contribution < 1.29 is 23.8 Å². The van der Waals surface area contributed by atoms with Gasteiger partial charge in [-0.2, -0.15) is 0 Å². The second-order valence-corrected chi connectivity index (χ2v) is 13.6. The van der Waals surface area contributed by atoms with Crippen LogP contribution in [0.15, 0.2) is 145 Å². The molecule has 2 aliphatic heterocycles. The van der Waals surface area contributed by atoms with Gasteiger partial charge in [0, 0.05) is 58.4 Å². The highest BCUT2D eigenvalue weighted by molar-refractivity contribution is 6.46. The normalized spacial score (nSPS) is 18.0. The lowest BCUT2D eigenvalue weighted by Gasteiger charge is -2.38. The van der Waals surface area contributed by atoms with E-state index in [0.717, 1.165) is 51.3 Å². The van der Waals surface area contributed by atoms with Crippen LogP contribution in [0.2, 0.25) is 0 Å². The quantitative estimate of drug-likeness (QED) is 0.130. The van der Waals surface area contributed by atoms with Crippen LogP contribution >= 0.6 is 0 Å². The third-order valence-corrected chi connectivity index (χ3v) is 10.6. The first-order chi connectivity index (χ1) is 25.6. The van der Waals surface area contributed by atoms with E-state index in [4.69, 9.17) is 14.2 Å². The molecule has 1 atom stereocenters. The predicted molar refractivity (Wildman–Crippen MR) is 202 cm³/mol. The number of ether oxygens (including phenoxy) is 3. The Bertz CT molecular complexity index is 2370. The molecule has 9 rings (SSSR count). The molecule has 0 fully saturated rings. The van der Waals surface area contributed by atoms with Crippen molar-refractivity contribution in [1.82, 2.24) is 9.13 Å². The van der Waals surface area contributed by atoms with Crippen molar-refractivity contribution >= 4 is 44.9 Å². The number of rotatable bonds is 6. The molecule has 6 aromatic rings. The number of hydrogen-bond acceptors (Lipinski definition) is 5. The SMILES string of the molecule is O=C1OC(=O)C2=C1c1cn(c3ccccc13)CCO[C@H](COC(C1=CCCC=C1)(c1ccccc1)c1ccccc1)CCn1cc2c2ccccc21. The molecule has 258 valence electrons. The summed E-state index contributed by atoms with van der Waals surface area (Å²) < 4.78 is 23.7. The lowest BCUT2D eigenvalue weighted by Crippen LogP contribution is -2.37. The maximum Gasteiger partial charge on any atom is 0.347 e. The summed E-state index contributed by atoms with van der Waals surface area (Å²) in [5.74, 6) is -1.24. The Balaban J connectivity index is 1.15. The van der Waals surface area contributed by atoms with Crippen molar-refractivity contribution in [1.29, 1.82) is 0 Å². The van der Waals surface area contributed by atoms with Crippen molar-refractivity contribution in [3.63, 3.8) is 0 Å². The zero-order valence-electron chi connectivity index (χ0n) is 28.7. The Kier molecular flexibility index (Phi) is 8.30. The van der Waals surface area contributed by atoms with Crippen LogP contribution < -0.4 is 0 Å². The molecule has 4 aromatic carbocycles.